The van der Waals surface area contributed by atoms with Gasteiger partial charge in [0.2, 0.25) is 0 Å². The Morgan fingerprint density at radius 3 is 1.00 bits per heavy atom. The van der Waals surface area contributed by atoms with E-state index in [1.54, 1.807) is 0 Å². The summed E-state index contributed by atoms with van der Waals surface area (Å²) in [6.07, 6.45) is 0. The number of rotatable bonds is 0. The largest absolute Gasteiger partial charge is 2.00 e. The fraction of sp³-hybridized carbons (Fsp3) is 1.00. The average molecular weight is 363 g/mol. The van der Waals surface area contributed by atoms with Crippen LogP contribution in [0, 0.1) is 0 Å². The summed E-state index contributed by atoms with van der Waals surface area (Å²) >= 11 is 6.12. The van der Waals surface area contributed by atoms with Gasteiger partial charge in [0.25, 0.3) is 0 Å². The molecule has 2 radical (unpaired) electrons. The van der Waals surface area contributed by atoms with Crippen molar-refractivity contribution in [2.75, 3.05) is 4.24 Å². The molecule has 0 N–H and O–H groups in total. The molecule has 0 saturated carbocycles. The number of hydrogen-bond acceptors (Lipinski definition) is 0. The minimum Gasteiger partial charge on any atom is -1.00 e. The Hall–Kier alpha value is 2.34. The van der Waals surface area contributed by atoms with E-state index in [-0.39, 0.29) is 48.7 Å². The molecule has 6 heavy (non-hydrogen) atoms. The van der Waals surface area contributed by atoms with Crippen molar-refractivity contribution in [1.82, 2.24) is 0 Å². The van der Waals surface area contributed by atoms with E-state index >= 15 is 0 Å². The standard InChI is InChI=1S/CH2Br2.2ClH.Sn/c2-1-3;;;/h1H2;2*1H;/q;;;+2/p-2. The molecule has 0 unspecified atom stereocenters. The fourth-order valence-corrected chi connectivity index (χ4v) is 0. The van der Waals surface area contributed by atoms with Gasteiger partial charge in [-0.2, -0.15) is 0 Å². The molecule has 0 amide bonds. The third kappa shape index (κ3) is 33.0. The zero-order valence-electron chi connectivity index (χ0n) is 2.72. The Balaban J connectivity index is -0.00000000667. The van der Waals surface area contributed by atoms with Gasteiger partial charge in [0, 0.05) is 0 Å². The third-order valence-electron chi connectivity index (χ3n) is 0. The molecule has 38 valence electrons. The van der Waals surface area contributed by atoms with Crippen LogP contribution in [0.15, 0.2) is 0 Å². The zero-order chi connectivity index (χ0) is 2.71. The van der Waals surface area contributed by atoms with E-state index in [1.165, 1.54) is 0 Å². The summed E-state index contributed by atoms with van der Waals surface area (Å²) in [7, 11) is 0. The van der Waals surface area contributed by atoms with Crippen LogP contribution >= 0.6 is 31.9 Å². The van der Waals surface area contributed by atoms with Crippen LogP contribution in [0.2, 0.25) is 0 Å². The molecule has 0 nitrogen and oxygen atoms in total. The first-order chi connectivity index (χ1) is 1.41. The summed E-state index contributed by atoms with van der Waals surface area (Å²) in [6, 6.07) is 0. The Labute approximate surface area is 83.9 Å². The van der Waals surface area contributed by atoms with Gasteiger partial charge in [-0.05, 0) is 0 Å². The summed E-state index contributed by atoms with van der Waals surface area (Å²) in [6.45, 7) is 0. The van der Waals surface area contributed by atoms with Crippen molar-refractivity contribution in [1.29, 1.82) is 0 Å². The number of halogens is 4. The minimum absolute atomic E-state index is 0. The second kappa shape index (κ2) is 26.5. The molecule has 0 aromatic rings. The number of hydrogen-bond donors (Lipinski definition) is 0. The van der Waals surface area contributed by atoms with Crippen LogP contribution in [0.3, 0.4) is 0 Å². The molecular weight excluding hydrogens is 361 g/mol. The first-order valence-corrected chi connectivity index (χ1v) is 2.78. The van der Waals surface area contributed by atoms with E-state index in [0.29, 0.717) is 0 Å². The van der Waals surface area contributed by atoms with Gasteiger partial charge in [-0.1, -0.05) is 31.9 Å². The molecule has 0 aromatic carbocycles. The minimum atomic E-state index is 0. The maximum absolute atomic E-state index is 3.06. The molecule has 0 heterocycles. The summed E-state index contributed by atoms with van der Waals surface area (Å²) in [5, 5.41) is 0. The van der Waals surface area contributed by atoms with Gasteiger partial charge >= 0.3 is 23.9 Å². The van der Waals surface area contributed by atoms with Crippen LogP contribution in [0.5, 0.6) is 0 Å². The summed E-state index contributed by atoms with van der Waals surface area (Å²) in [4.78, 5) is 0. The van der Waals surface area contributed by atoms with Crippen LogP contribution in [-0.2, 0) is 0 Å². The fourth-order valence-electron chi connectivity index (χ4n) is 0. The van der Waals surface area contributed by atoms with Crippen molar-refractivity contribution < 1.29 is 24.8 Å². The molecule has 0 rings (SSSR count). The smallest absolute Gasteiger partial charge is 1.00 e. The van der Waals surface area contributed by atoms with Crippen molar-refractivity contribution in [2.45, 2.75) is 0 Å². The van der Waals surface area contributed by atoms with Crippen LogP contribution in [0.4, 0.5) is 0 Å². The average Bonchev–Trinajstić information content (AvgIpc) is 0.918. The van der Waals surface area contributed by atoms with E-state index in [1.807, 2.05) is 0 Å². The second-order valence-electron chi connectivity index (χ2n) is 0.101. The molecule has 0 bridgehead atoms. The van der Waals surface area contributed by atoms with Gasteiger partial charge < -0.3 is 24.8 Å². The zero-order valence-corrected chi connectivity index (χ0v) is 10.3. The van der Waals surface area contributed by atoms with Gasteiger partial charge in [0.15, 0.2) is 0 Å². The van der Waals surface area contributed by atoms with Crippen molar-refractivity contribution in [3.8, 4) is 0 Å². The maximum atomic E-state index is 3.06. The van der Waals surface area contributed by atoms with Gasteiger partial charge in [0.1, 0.15) is 0 Å². The topological polar surface area (TPSA) is 0 Å². The molecule has 0 aromatic heterocycles. The van der Waals surface area contributed by atoms with E-state index in [2.05, 4.69) is 31.9 Å². The summed E-state index contributed by atoms with van der Waals surface area (Å²) in [5.41, 5.74) is 0. The SMILES string of the molecule is BrCBr.[Cl-].[Cl-].[Sn+2]. The van der Waals surface area contributed by atoms with Crippen LogP contribution in [0.25, 0.3) is 0 Å². The van der Waals surface area contributed by atoms with Gasteiger partial charge in [-0.3, -0.25) is 0 Å². The van der Waals surface area contributed by atoms with Crippen molar-refractivity contribution in [3.05, 3.63) is 0 Å². The van der Waals surface area contributed by atoms with E-state index < -0.39 is 0 Å². The molecular formula is CH2Br2Cl2Sn. The molecule has 5 heteroatoms. The Morgan fingerprint density at radius 2 is 1.00 bits per heavy atom. The van der Waals surface area contributed by atoms with Gasteiger partial charge in [-0.25, -0.2) is 0 Å². The normalized spacial score (nSPS) is 3.00. The second-order valence-corrected chi connectivity index (χ2v) is 2.73. The van der Waals surface area contributed by atoms with E-state index in [0.717, 1.165) is 4.24 Å². The van der Waals surface area contributed by atoms with Crippen LogP contribution in [0.1, 0.15) is 0 Å². The molecule has 0 aliphatic heterocycles. The molecule has 0 atom stereocenters. The third-order valence-corrected chi connectivity index (χ3v) is 0. The first kappa shape index (κ1) is 23.9. The quantitative estimate of drug-likeness (QED) is 0.300. The first-order valence-electron chi connectivity index (χ1n) is 0.535. The van der Waals surface area contributed by atoms with Crippen LogP contribution < -0.4 is 24.8 Å². The Bertz CT molecular complexity index is 11.5. The van der Waals surface area contributed by atoms with Gasteiger partial charge in [0.05, 0.1) is 4.24 Å². The molecule has 0 fully saturated rings. The molecule has 0 saturated heterocycles. The number of alkyl halides is 2. The molecule has 0 aliphatic rings. The predicted octanol–water partition coefficient (Wildman–Crippen LogP) is -4.64. The van der Waals surface area contributed by atoms with Crippen molar-refractivity contribution >= 4 is 55.8 Å². The summed E-state index contributed by atoms with van der Waals surface area (Å²) in [5.74, 6) is 0. The Morgan fingerprint density at radius 1 is 1.00 bits per heavy atom. The maximum Gasteiger partial charge on any atom is 2.00 e. The Kier molecular flexibility index (Phi) is 105. The van der Waals surface area contributed by atoms with Crippen molar-refractivity contribution in [2.24, 2.45) is 0 Å². The monoisotopic (exact) mass is 362 g/mol. The predicted molar refractivity (Wildman–Crippen MR) is 28.5 cm³/mol. The van der Waals surface area contributed by atoms with Gasteiger partial charge in [-0.15, -0.1) is 0 Å². The molecule has 0 aliphatic carbocycles. The van der Waals surface area contributed by atoms with Crippen LogP contribution in [-0.4, -0.2) is 28.1 Å². The molecule has 0 spiro atoms. The van der Waals surface area contributed by atoms with E-state index in [9.17, 15) is 0 Å². The van der Waals surface area contributed by atoms with E-state index in [4.69, 9.17) is 0 Å². The van der Waals surface area contributed by atoms with Crippen molar-refractivity contribution in [3.63, 3.8) is 0 Å². The summed E-state index contributed by atoms with van der Waals surface area (Å²) < 4.78 is 0.875.